The van der Waals surface area contributed by atoms with E-state index in [4.69, 9.17) is 0 Å². The molecule has 1 saturated carbocycles. The van der Waals surface area contributed by atoms with Crippen LogP contribution < -0.4 is 5.32 Å². The van der Waals surface area contributed by atoms with Gasteiger partial charge in [-0.1, -0.05) is 0 Å². The molecule has 2 fully saturated rings. The van der Waals surface area contributed by atoms with E-state index in [0.29, 0.717) is 30.9 Å². The predicted molar refractivity (Wildman–Crippen MR) is 85.0 cm³/mol. The molecular formula is C17H23N3O3. The van der Waals surface area contributed by atoms with Crippen molar-refractivity contribution in [2.24, 2.45) is 0 Å². The van der Waals surface area contributed by atoms with Crippen molar-refractivity contribution in [3.05, 3.63) is 29.6 Å². The maximum absolute atomic E-state index is 12.7. The number of nitrogens with one attached hydrogen (secondary N) is 1. The highest BCUT2D eigenvalue weighted by Gasteiger charge is 2.37. The molecule has 2 amide bonds. The molecule has 6 nitrogen and oxygen atoms in total. The van der Waals surface area contributed by atoms with Crippen molar-refractivity contribution in [1.29, 1.82) is 0 Å². The Kier molecular flexibility index (Phi) is 4.35. The lowest BCUT2D eigenvalue weighted by atomic mass is 9.89. The van der Waals surface area contributed by atoms with Gasteiger partial charge in [0, 0.05) is 37.0 Å². The van der Waals surface area contributed by atoms with Crippen LogP contribution >= 0.6 is 0 Å². The highest BCUT2D eigenvalue weighted by atomic mass is 16.3. The molecule has 1 aliphatic carbocycles. The first-order valence-corrected chi connectivity index (χ1v) is 8.19. The Hall–Kier alpha value is -1.95. The number of nitrogens with zero attached hydrogens (tertiary/aromatic N) is 2. The molecule has 0 aromatic carbocycles. The first kappa shape index (κ1) is 15.9. The highest BCUT2D eigenvalue weighted by molar-refractivity contribution is 5.94. The molecular weight excluding hydrogens is 294 g/mol. The van der Waals surface area contributed by atoms with Crippen LogP contribution in [0.25, 0.3) is 0 Å². The Labute approximate surface area is 135 Å². The summed E-state index contributed by atoms with van der Waals surface area (Å²) in [6.45, 7) is 0.802. The first-order valence-electron chi connectivity index (χ1n) is 8.19. The van der Waals surface area contributed by atoms with Crippen molar-refractivity contribution in [2.75, 3.05) is 20.1 Å². The molecule has 1 aromatic rings. The maximum Gasteiger partial charge on any atom is 0.254 e. The van der Waals surface area contributed by atoms with E-state index >= 15 is 0 Å². The number of likely N-dealkylation sites (tertiary alicyclic amines) is 1. The normalized spacial score (nSPS) is 24.3. The fraction of sp³-hybridized carbons (Fsp3) is 0.588. The van der Waals surface area contributed by atoms with Crippen molar-refractivity contribution in [3.63, 3.8) is 0 Å². The predicted octanol–water partition coefficient (Wildman–Crippen LogP) is 1.06. The molecule has 2 aliphatic rings. The van der Waals surface area contributed by atoms with E-state index in [-0.39, 0.29) is 24.8 Å². The molecule has 6 heteroatoms. The molecule has 2 heterocycles. The summed E-state index contributed by atoms with van der Waals surface area (Å²) in [5, 5.41) is 13.2. The number of β-amino-alcohol motifs (C(OH)–C–C–N with tert-alkyl or cyclic N) is 1. The van der Waals surface area contributed by atoms with E-state index in [2.05, 4.69) is 10.3 Å². The molecule has 23 heavy (non-hydrogen) atoms. The number of aliphatic hydroxyl groups is 1. The van der Waals surface area contributed by atoms with E-state index in [1.807, 2.05) is 6.07 Å². The third-order valence-electron chi connectivity index (χ3n) is 4.63. The quantitative estimate of drug-likeness (QED) is 0.870. The minimum atomic E-state index is -1.14. The van der Waals surface area contributed by atoms with Gasteiger partial charge in [-0.2, -0.15) is 0 Å². The van der Waals surface area contributed by atoms with E-state index in [1.54, 1.807) is 24.2 Å². The molecule has 1 atom stereocenters. The average Bonchev–Trinajstić information content (AvgIpc) is 3.38. The van der Waals surface area contributed by atoms with Gasteiger partial charge >= 0.3 is 0 Å². The average molecular weight is 317 g/mol. The molecule has 0 spiro atoms. The van der Waals surface area contributed by atoms with Crippen molar-refractivity contribution in [3.8, 4) is 0 Å². The van der Waals surface area contributed by atoms with Crippen molar-refractivity contribution in [1.82, 2.24) is 15.2 Å². The zero-order chi connectivity index (χ0) is 16.4. The lowest BCUT2D eigenvalue weighted by Gasteiger charge is -2.38. The van der Waals surface area contributed by atoms with Crippen LogP contribution in [0.5, 0.6) is 0 Å². The van der Waals surface area contributed by atoms with Crippen LogP contribution in [0.2, 0.25) is 0 Å². The number of pyridine rings is 1. The summed E-state index contributed by atoms with van der Waals surface area (Å²) in [6.07, 6.45) is 5.21. The van der Waals surface area contributed by atoms with Gasteiger partial charge in [-0.25, -0.2) is 0 Å². The zero-order valence-electron chi connectivity index (χ0n) is 13.4. The minimum absolute atomic E-state index is 0.0248. The second kappa shape index (κ2) is 6.28. The molecule has 2 N–H and O–H groups in total. The topological polar surface area (TPSA) is 82.5 Å². The molecule has 0 radical (unpaired) electrons. The third-order valence-corrected chi connectivity index (χ3v) is 4.63. The summed E-state index contributed by atoms with van der Waals surface area (Å²) >= 11 is 0. The SMILES string of the molecule is CNC(=O)CC1(O)CCCN(C(=O)c2ccnc(C3CC3)c2)C1. The molecule has 3 rings (SSSR count). The number of hydrogen-bond acceptors (Lipinski definition) is 4. The van der Waals surface area contributed by atoms with Crippen LogP contribution in [0.1, 0.15) is 54.1 Å². The van der Waals surface area contributed by atoms with Gasteiger partial charge in [0.15, 0.2) is 0 Å². The van der Waals surface area contributed by atoms with Gasteiger partial charge in [-0.3, -0.25) is 14.6 Å². The van der Waals surface area contributed by atoms with Gasteiger partial charge in [0.1, 0.15) is 0 Å². The number of rotatable bonds is 4. The largest absolute Gasteiger partial charge is 0.388 e. The monoisotopic (exact) mass is 317 g/mol. The van der Waals surface area contributed by atoms with Crippen LogP contribution in [-0.4, -0.2) is 52.5 Å². The molecule has 0 bridgehead atoms. The number of hydrogen-bond donors (Lipinski definition) is 2. The Morgan fingerprint density at radius 3 is 2.96 bits per heavy atom. The van der Waals surface area contributed by atoms with Crippen LogP contribution in [0.4, 0.5) is 0 Å². The van der Waals surface area contributed by atoms with Crippen molar-refractivity contribution in [2.45, 2.75) is 43.6 Å². The molecule has 1 unspecified atom stereocenters. The number of aromatic nitrogens is 1. The van der Waals surface area contributed by atoms with Crippen LogP contribution in [0, 0.1) is 0 Å². The molecule has 1 aliphatic heterocycles. The standard InChI is InChI=1S/C17H23N3O3/c1-18-15(21)10-17(23)6-2-8-20(11-17)16(22)13-5-7-19-14(9-13)12-3-4-12/h5,7,9,12,23H,2-4,6,8,10-11H2,1H3,(H,18,21). The summed E-state index contributed by atoms with van der Waals surface area (Å²) in [5.74, 6) is 0.195. The number of carbonyl (C=O) groups excluding carboxylic acids is 2. The Morgan fingerprint density at radius 2 is 2.26 bits per heavy atom. The van der Waals surface area contributed by atoms with Gasteiger partial charge in [0.25, 0.3) is 5.91 Å². The van der Waals surface area contributed by atoms with Gasteiger partial charge in [-0.05, 0) is 37.8 Å². The van der Waals surface area contributed by atoms with Crippen LogP contribution in [0.15, 0.2) is 18.3 Å². The lowest BCUT2D eigenvalue weighted by molar-refractivity contribution is -0.127. The van der Waals surface area contributed by atoms with E-state index < -0.39 is 5.60 Å². The Balaban J connectivity index is 1.71. The summed E-state index contributed by atoms with van der Waals surface area (Å²) in [4.78, 5) is 30.3. The van der Waals surface area contributed by atoms with Gasteiger partial charge < -0.3 is 15.3 Å². The summed E-state index contributed by atoms with van der Waals surface area (Å²) in [7, 11) is 1.55. The second-order valence-electron chi connectivity index (χ2n) is 6.65. The fourth-order valence-corrected chi connectivity index (χ4v) is 3.18. The van der Waals surface area contributed by atoms with Crippen molar-refractivity contribution < 1.29 is 14.7 Å². The number of piperidine rings is 1. The summed E-state index contributed by atoms with van der Waals surface area (Å²) in [6, 6.07) is 3.59. The van der Waals surface area contributed by atoms with Gasteiger partial charge in [-0.15, -0.1) is 0 Å². The fourth-order valence-electron chi connectivity index (χ4n) is 3.18. The Bertz CT molecular complexity index is 615. The summed E-state index contributed by atoms with van der Waals surface area (Å²) in [5.41, 5.74) is 0.458. The molecule has 1 saturated heterocycles. The number of carbonyl (C=O) groups is 2. The molecule has 124 valence electrons. The van der Waals surface area contributed by atoms with Crippen molar-refractivity contribution >= 4 is 11.8 Å². The van der Waals surface area contributed by atoms with E-state index in [1.165, 1.54) is 0 Å². The second-order valence-corrected chi connectivity index (χ2v) is 6.65. The zero-order valence-corrected chi connectivity index (χ0v) is 13.4. The van der Waals surface area contributed by atoms with Crippen LogP contribution in [0.3, 0.4) is 0 Å². The highest BCUT2D eigenvalue weighted by Crippen LogP contribution is 2.39. The third kappa shape index (κ3) is 3.69. The summed E-state index contributed by atoms with van der Waals surface area (Å²) < 4.78 is 0. The molecule has 1 aromatic heterocycles. The van der Waals surface area contributed by atoms with Gasteiger partial charge in [0.05, 0.1) is 18.6 Å². The Morgan fingerprint density at radius 1 is 1.48 bits per heavy atom. The maximum atomic E-state index is 12.7. The van der Waals surface area contributed by atoms with Crippen LogP contribution in [-0.2, 0) is 4.79 Å². The lowest BCUT2D eigenvalue weighted by Crippen LogP contribution is -2.52. The number of amides is 2. The first-order chi connectivity index (χ1) is 11.0. The van der Waals surface area contributed by atoms with Gasteiger partial charge in [0.2, 0.25) is 5.91 Å². The van der Waals surface area contributed by atoms with E-state index in [0.717, 1.165) is 18.5 Å². The minimum Gasteiger partial charge on any atom is -0.388 e. The smallest absolute Gasteiger partial charge is 0.254 e. The van der Waals surface area contributed by atoms with E-state index in [9.17, 15) is 14.7 Å².